The van der Waals surface area contributed by atoms with Crippen LogP contribution in [0.4, 0.5) is 0 Å². The molecule has 1 aromatic carbocycles. The van der Waals surface area contributed by atoms with Crippen LogP contribution in [-0.4, -0.2) is 24.2 Å². The summed E-state index contributed by atoms with van der Waals surface area (Å²) in [7, 11) is 0. The lowest BCUT2D eigenvalue weighted by Gasteiger charge is -2.27. The summed E-state index contributed by atoms with van der Waals surface area (Å²) in [6, 6.07) is 6.88. The summed E-state index contributed by atoms with van der Waals surface area (Å²) >= 11 is 6.00. The molecule has 0 saturated heterocycles. The number of rotatable bonds is 5. The summed E-state index contributed by atoms with van der Waals surface area (Å²) in [6.07, 6.45) is 0. The van der Waals surface area contributed by atoms with Crippen molar-refractivity contribution < 1.29 is 9.90 Å². The van der Waals surface area contributed by atoms with Gasteiger partial charge in [0.25, 0.3) is 0 Å². The van der Waals surface area contributed by atoms with Crippen LogP contribution < -0.4 is 11.1 Å². The number of nitrogens with one attached hydrogen (secondary N) is 1. The standard InChI is InChI=1S/C11H15ClN2O2/c1-11(10(15)16,14-7-6-13)8-4-2-3-5-9(8)12/h2-5,14H,6-7,13H2,1H3,(H,15,16). The second-order valence-electron chi connectivity index (χ2n) is 3.63. The molecule has 0 radical (unpaired) electrons. The third-order valence-electron chi connectivity index (χ3n) is 2.46. The monoisotopic (exact) mass is 242 g/mol. The molecule has 16 heavy (non-hydrogen) atoms. The van der Waals surface area contributed by atoms with Gasteiger partial charge in [-0.15, -0.1) is 0 Å². The molecule has 1 atom stereocenters. The highest BCUT2D eigenvalue weighted by atomic mass is 35.5. The summed E-state index contributed by atoms with van der Waals surface area (Å²) in [6.45, 7) is 2.35. The Morgan fingerprint density at radius 3 is 2.69 bits per heavy atom. The molecule has 0 aliphatic carbocycles. The van der Waals surface area contributed by atoms with E-state index < -0.39 is 11.5 Å². The molecule has 1 aromatic rings. The van der Waals surface area contributed by atoms with Gasteiger partial charge in [0.1, 0.15) is 5.54 Å². The molecule has 0 bridgehead atoms. The zero-order chi connectivity index (χ0) is 12.2. The van der Waals surface area contributed by atoms with Gasteiger partial charge in [-0.2, -0.15) is 0 Å². The van der Waals surface area contributed by atoms with Crippen LogP contribution in [0, 0.1) is 0 Å². The SMILES string of the molecule is CC(NCCN)(C(=O)O)c1ccccc1Cl. The minimum absolute atomic E-state index is 0.368. The first-order valence-corrected chi connectivity index (χ1v) is 5.33. The lowest BCUT2D eigenvalue weighted by Crippen LogP contribution is -2.48. The summed E-state index contributed by atoms with van der Waals surface area (Å²) in [5.74, 6) is -0.978. The van der Waals surface area contributed by atoms with Crippen LogP contribution in [-0.2, 0) is 10.3 Å². The number of benzene rings is 1. The molecule has 1 rings (SSSR count). The Bertz CT molecular complexity index is 384. The third-order valence-corrected chi connectivity index (χ3v) is 2.79. The Morgan fingerprint density at radius 1 is 1.56 bits per heavy atom. The van der Waals surface area contributed by atoms with Gasteiger partial charge in [-0.25, -0.2) is 4.79 Å². The fourth-order valence-corrected chi connectivity index (χ4v) is 1.80. The second-order valence-corrected chi connectivity index (χ2v) is 4.03. The molecule has 0 aliphatic heterocycles. The lowest BCUT2D eigenvalue weighted by atomic mass is 9.92. The van der Waals surface area contributed by atoms with E-state index in [1.54, 1.807) is 31.2 Å². The molecule has 1 unspecified atom stereocenters. The highest BCUT2D eigenvalue weighted by Crippen LogP contribution is 2.27. The van der Waals surface area contributed by atoms with Gasteiger partial charge in [0.05, 0.1) is 0 Å². The highest BCUT2D eigenvalue weighted by Gasteiger charge is 2.35. The number of nitrogens with two attached hydrogens (primary N) is 1. The molecule has 0 aromatic heterocycles. The number of hydrogen-bond donors (Lipinski definition) is 3. The first kappa shape index (κ1) is 13.0. The van der Waals surface area contributed by atoms with Gasteiger partial charge < -0.3 is 10.8 Å². The first-order chi connectivity index (χ1) is 7.52. The Morgan fingerprint density at radius 2 is 2.19 bits per heavy atom. The van der Waals surface area contributed by atoms with Gasteiger partial charge in [-0.3, -0.25) is 5.32 Å². The van der Waals surface area contributed by atoms with Gasteiger partial charge in [0, 0.05) is 23.7 Å². The van der Waals surface area contributed by atoms with Gasteiger partial charge in [-0.1, -0.05) is 29.8 Å². The van der Waals surface area contributed by atoms with Gasteiger partial charge in [-0.05, 0) is 13.0 Å². The van der Waals surface area contributed by atoms with Crippen LogP contribution in [0.2, 0.25) is 5.02 Å². The largest absolute Gasteiger partial charge is 0.480 e. The summed E-state index contributed by atoms with van der Waals surface area (Å²) < 4.78 is 0. The molecule has 4 N–H and O–H groups in total. The zero-order valence-corrected chi connectivity index (χ0v) is 9.79. The van der Waals surface area contributed by atoms with E-state index in [-0.39, 0.29) is 0 Å². The van der Waals surface area contributed by atoms with Crippen molar-refractivity contribution in [2.45, 2.75) is 12.5 Å². The Labute approximate surface area is 99.4 Å². The highest BCUT2D eigenvalue weighted by molar-refractivity contribution is 6.31. The maximum Gasteiger partial charge on any atom is 0.328 e. The number of hydrogen-bond acceptors (Lipinski definition) is 3. The predicted octanol–water partition coefficient (Wildman–Crippen LogP) is 1.19. The van der Waals surface area contributed by atoms with Crippen molar-refractivity contribution in [3.8, 4) is 0 Å². The molecule has 0 heterocycles. The van der Waals surface area contributed by atoms with Crippen LogP contribution in [0.1, 0.15) is 12.5 Å². The number of carbonyl (C=O) groups is 1. The maximum absolute atomic E-state index is 11.3. The van der Waals surface area contributed by atoms with Crippen LogP contribution in [0.25, 0.3) is 0 Å². The minimum atomic E-state index is -1.21. The van der Waals surface area contributed by atoms with E-state index in [1.807, 2.05) is 0 Å². The third kappa shape index (κ3) is 2.52. The maximum atomic E-state index is 11.3. The molecule has 0 spiro atoms. The Kier molecular flexibility index (Phi) is 4.29. The smallest absolute Gasteiger partial charge is 0.328 e. The van der Waals surface area contributed by atoms with Crippen molar-refractivity contribution in [1.29, 1.82) is 0 Å². The Hall–Kier alpha value is -1.10. The molecule has 5 heteroatoms. The number of carboxylic acids is 1. The summed E-state index contributed by atoms with van der Waals surface area (Å²) in [4.78, 5) is 11.3. The normalized spacial score (nSPS) is 14.4. The summed E-state index contributed by atoms with van der Waals surface area (Å²) in [5.41, 5.74) is 4.69. The lowest BCUT2D eigenvalue weighted by molar-refractivity contribution is -0.144. The van der Waals surface area contributed by atoms with Gasteiger partial charge in [0.15, 0.2) is 0 Å². The van der Waals surface area contributed by atoms with Crippen molar-refractivity contribution in [3.63, 3.8) is 0 Å². The molecule has 0 amide bonds. The van der Waals surface area contributed by atoms with E-state index in [4.69, 9.17) is 17.3 Å². The van der Waals surface area contributed by atoms with Crippen molar-refractivity contribution in [2.24, 2.45) is 5.73 Å². The quantitative estimate of drug-likeness (QED) is 0.725. The average molecular weight is 243 g/mol. The predicted molar refractivity (Wildman–Crippen MR) is 63.5 cm³/mol. The van der Waals surface area contributed by atoms with Crippen LogP contribution >= 0.6 is 11.6 Å². The zero-order valence-electron chi connectivity index (χ0n) is 9.03. The molecular weight excluding hydrogens is 228 g/mol. The summed E-state index contributed by atoms with van der Waals surface area (Å²) in [5, 5.41) is 12.6. The van der Waals surface area contributed by atoms with Crippen LogP contribution in [0.3, 0.4) is 0 Å². The topological polar surface area (TPSA) is 75.3 Å². The van der Waals surface area contributed by atoms with Crippen LogP contribution in [0.15, 0.2) is 24.3 Å². The molecule has 0 aliphatic rings. The van der Waals surface area contributed by atoms with Gasteiger partial charge in [0.2, 0.25) is 0 Å². The minimum Gasteiger partial charge on any atom is -0.480 e. The Balaban J connectivity index is 3.11. The first-order valence-electron chi connectivity index (χ1n) is 4.96. The van der Waals surface area contributed by atoms with E-state index in [2.05, 4.69) is 5.32 Å². The fourth-order valence-electron chi connectivity index (χ4n) is 1.47. The van der Waals surface area contributed by atoms with Crippen LogP contribution in [0.5, 0.6) is 0 Å². The fraction of sp³-hybridized carbons (Fsp3) is 0.364. The van der Waals surface area contributed by atoms with E-state index in [1.165, 1.54) is 0 Å². The van der Waals surface area contributed by atoms with Crippen molar-refractivity contribution in [1.82, 2.24) is 5.32 Å². The van der Waals surface area contributed by atoms with Crippen molar-refractivity contribution in [3.05, 3.63) is 34.9 Å². The van der Waals surface area contributed by atoms with Gasteiger partial charge >= 0.3 is 5.97 Å². The van der Waals surface area contributed by atoms with E-state index in [9.17, 15) is 9.90 Å². The van der Waals surface area contributed by atoms with E-state index in [0.29, 0.717) is 23.7 Å². The molecule has 0 saturated carbocycles. The molecule has 0 fully saturated rings. The number of aliphatic carboxylic acids is 1. The molecule has 88 valence electrons. The molecule has 4 nitrogen and oxygen atoms in total. The van der Waals surface area contributed by atoms with E-state index in [0.717, 1.165) is 0 Å². The number of carboxylic acid groups (broad SMARTS) is 1. The van der Waals surface area contributed by atoms with Crippen molar-refractivity contribution >= 4 is 17.6 Å². The molecular formula is C11H15ClN2O2. The number of halogens is 1. The second kappa shape index (κ2) is 5.30. The van der Waals surface area contributed by atoms with E-state index >= 15 is 0 Å². The average Bonchev–Trinajstić information content (AvgIpc) is 2.26. The van der Waals surface area contributed by atoms with Crippen molar-refractivity contribution in [2.75, 3.05) is 13.1 Å².